The summed E-state index contributed by atoms with van der Waals surface area (Å²) in [5.41, 5.74) is 0. The predicted molar refractivity (Wildman–Crippen MR) is 35.3 cm³/mol. The van der Waals surface area contributed by atoms with E-state index in [1.54, 1.807) is 6.07 Å². The van der Waals surface area contributed by atoms with Crippen molar-refractivity contribution in [1.82, 2.24) is 0 Å². The molecule has 0 spiro atoms. The van der Waals surface area contributed by atoms with Gasteiger partial charge in [-0.3, -0.25) is 10.2 Å². The van der Waals surface area contributed by atoms with Crippen LogP contribution in [-0.2, 0) is 0 Å². The molecule has 0 aliphatic heterocycles. The average molecular weight is 135 g/mol. The Bertz CT molecular complexity index is 268. The van der Waals surface area contributed by atoms with Crippen molar-refractivity contribution in [2.75, 3.05) is 0 Å². The molecule has 1 rings (SSSR count). The van der Waals surface area contributed by atoms with Crippen LogP contribution in [0.15, 0.2) is 28.9 Å². The summed E-state index contributed by atoms with van der Waals surface area (Å²) >= 11 is 0. The normalized spacial score (nSPS) is 8.40. The molecule has 0 aliphatic rings. The highest BCUT2D eigenvalue weighted by Crippen LogP contribution is 2.00. The molecule has 1 aromatic heterocycles. The van der Waals surface area contributed by atoms with E-state index in [2.05, 4.69) is 0 Å². The maximum absolute atomic E-state index is 10.8. The SMILES string of the molecule is N=C=CC(=O)c1ccco1. The van der Waals surface area contributed by atoms with Crippen molar-refractivity contribution >= 4 is 11.7 Å². The van der Waals surface area contributed by atoms with E-state index in [4.69, 9.17) is 9.83 Å². The molecule has 0 aliphatic carbocycles. The molecule has 0 saturated heterocycles. The first-order valence-electron chi connectivity index (χ1n) is 2.68. The van der Waals surface area contributed by atoms with Crippen LogP contribution in [0.25, 0.3) is 0 Å². The molecule has 0 atom stereocenters. The lowest BCUT2D eigenvalue weighted by Gasteiger charge is -1.81. The molecule has 3 nitrogen and oxygen atoms in total. The van der Waals surface area contributed by atoms with Crippen LogP contribution >= 0.6 is 0 Å². The highest BCUT2D eigenvalue weighted by atomic mass is 16.3. The van der Waals surface area contributed by atoms with Crippen LogP contribution in [0.5, 0.6) is 0 Å². The molecule has 3 heteroatoms. The zero-order chi connectivity index (χ0) is 7.40. The van der Waals surface area contributed by atoms with Crippen molar-refractivity contribution < 1.29 is 9.21 Å². The molecule has 0 bridgehead atoms. The molecule has 50 valence electrons. The topological polar surface area (TPSA) is 54.1 Å². The maximum Gasteiger partial charge on any atom is 0.230 e. The first kappa shape index (κ1) is 6.52. The summed E-state index contributed by atoms with van der Waals surface area (Å²) in [5.74, 6) is 1.77. The summed E-state index contributed by atoms with van der Waals surface area (Å²) < 4.78 is 4.74. The Labute approximate surface area is 57.5 Å². The molecule has 0 amide bonds. The number of hydrogen-bond donors (Lipinski definition) is 1. The van der Waals surface area contributed by atoms with Crippen LogP contribution in [0, 0.1) is 5.41 Å². The van der Waals surface area contributed by atoms with Gasteiger partial charge in [-0.1, -0.05) is 0 Å². The van der Waals surface area contributed by atoms with Crippen molar-refractivity contribution in [2.24, 2.45) is 0 Å². The zero-order valence-corrected chi connectivity index (χ0v) is 5.13. The minimum Gasteiger partial charge on any atom is -0.461 e. The first-order chi connectivity index (χ1) is 4.84. The molecule has 1 aromatic rings. The monoisotopic (exact) mass is 135 g/mol. The Kier molecular flexibility index (Phi) is 1.83. The first-order valence-corrected chi connectivity index (χ1v) is 2.68. The zero-order valence-electron chi connectivity index (χ0n) is 5.13. The van der Waals surface area contributed by atoms with Crippen molar-refractivity contribution in [1.29, 1.82) is 5.41 Å². The van der Waals surface area contributed by atoms with Gasteiger partial charge in [-0.25, -0.2) is 0 Å². The number of rotatable bonds is 2. The molecule has 1 N–H and O–H groups in total. The minimum atomic E-state index is -0.333. The van der Waals surface area contributed by atoms with Gasteiger partial charge >= 0.3 is 0 Å². The van der Waals surface area contributed by atoms with Gasteiger partial charge in [-0.05, 0) is 18.0 Å². The largest absolute Gasteiger partial charge is 0.461 e. The lowest BCUT2D eigenvalue weighted by Crippen LogP contribution is -1.89. The quantitative estimate of drug-likeness (QED) is 0.377. The molecule has 0 saturated carbocycles. The highest BCUT2D eigenvalue weighted by Gasteiger charge is 2.02. The molecular weight excluding hydrogens is 130 g/mol. The molecular formula is C7H5NO2. The summed E-state index contributed by atoms with van der Waals surface area (Å²) in [4.78, 5) is 10.8. The van der Waals surface area contributed by atoms with E-state index in [1.807, 2.05) is 5.87 Å². The standard InChI is InChI=1S/C7H5NO2/c8-4-3-6(9)7-2-1-5-10-7/h1-3,5,8H. The van der Waals surface area contributed by atoms with Gasteiger partial charge in [-0.2, -0.15) is 0 Å². The third-order valence-corrected chi connectivity index (χ3v) is 0.967. The van der Waals surface area contributed by atoms with E-state index in [1.165, 1.54) is 12.3 Å². The Morgan fingerprint density at radius 2 is 2.60 bits per heavy atom. The Hall–Kier alpha value is -1.60. The fourth-order valence-corrected chi connectivity index (χ4v) is 0.555. The number of carbonyl (C=O) groups is 1. The van der Waals surface area contributed by atoms with E-state index < -0.39 is 0 Å². The van der Waals surface area contributed by atoms with E-state index >= 15 is 0 Å². The van der Waals surface area contributed by atoms with Crippen LogP contribution < -0.4 is 0 Å². The molecule has 0 aromatic carbocycles. The number of nitrogens with one attached hydrogen (secondary N) is 1. The van der Waals surface area contributed by atoms with Crippen LogP contribution in [0.2, 0.25) is 0 Å². The second-order valence-corrected chi connectivity index (χ2v) is 1.63. The molecule has 1 heterocycles. The summed E-state index contributed by atoms with van der Waals surface area (Å²) in [5, 5.41) is 6.47. The highest BCUT2D eigenvalue weighted by molar-refractivity contribution is 6.06. The number of allylic oxidation sites excluding steroid dienone is 1. The van der Waals surface area contributed by atoms with Crippen molar-refractivity contribution in [2.45, 2.75) is 0 Å². The summed E-state index contributed by atoms with van der Waals surface area (Å²) in [6.45, 7) is 0. The van der Waals surface area contributed by atoms with Crippen LogP contribution in [-0.4, -0.2) is 11.7 Å². The summed E-state index contributed by atoms with van der Waals surface area (Å²) in [6.07, 6.45) is 2.42. The van der Waals surface area contributed by atoms with Crippen LogP contribution in [0.1, 0.15) is 10.6 Å². The van der Waals surface area contributed by atoms with E-state index in [0.717, 1.165) is 6.08 Å². The Morgan fingerprint density at radius 1 is 1.80 bits per heavy atom. The minimum absolute atomic E-state index is 0.236. The van der Waals surface area contributed by atoms with Gasteiger partial charge in [0.15, 0.2) is 5.76 Å². The fraction of sp³-hybridized carbons (Fsp3) is 0. The van der Waals surface area contributed by atoms with Gasteiger partial charge in [-0.15, -0.1) is 0 Å². The maximum atomic E-state index is 10.8. The lowest BCUT2D eigenvalue weighted by atomic mass is 10.3. The lowest BCUT2D eigenvalue weighted by molar-refractivity contribution is 0.102. The third kappa shape index (κ3) is 1.21. The predicted octanol–water partition coefficient (Wildman–Crippen LogP) is 1.27. The number of ketones is 1. The van der Waals surface area contributed by atoms with Crippen molar-refractivity contribution in [3.63, 3.8) is 0 Å². The number of furan rings is 1. The van der Waals surface area contributed by atoms with Crippen molar-refractivity contribution in [3.05, 3.63) is 30.2 Å². The van der Waals surface area contributed by atoms with Crippen LogP contribution in [0.4, 0.5) is 0 Å². The van der Waals surface area contributed by atoms with Gasteiger partial charge < -0.3 is 4.42 Å². The van der Waals surface area contributed by atoms with E-state index in [9.17, 15) is 4.79 Å². The van der Waals surface area contributed by atoms with Crippen LogP contribution in [0.3, 0.4) is 0 Å². The van der Waals surface area contributed by atoms with Gasteiger partial charge in [0.1, 0.15) is 0 Å². The van der Waals surface area contributed by atoms with Crippen molar-refractivity contribution in [3.8, 4) is 0 Å². The second kappa shape index (κ2) is 2.80. The summed E-state index contributed by atoms with van der Waals surface area (Å²) in [6, 6.07) is 3.15. The fourth-order valence-electron chi connectivity index (χ4n) is 0.555. The Morgan fingerprint density at radius 3 is 3.10 bits per heavy atom. The van der Waals surface area contributed by atoms with Gasteiger partial charge in [0.05, 0.1) is 12.3 Å². The van der Waals surface area contributed by atoms with E-state index in [0.29, 0.717) is 0 Å². The second-order valence-electron chi connectivity index (χ2n) is 1.63. The molecule has 10 heavy (non-hydrogen) atoms. The average Bonchev–Trinajstić information content (AvgIpc) is 2.38. The van der Waals surface area contributed by atoms with Gasteiger partial charge in [0, 0.05) is 0 Å². The smallest absolute Gasteiger partial charge is 0.230 e. The molecule has 0 unspecified atom stereocenters. The Balaban J connectivity index is 2.87. The number of hydrogen-bond acceptors (Lipinski definition) is 3. The van der Waals surface area contributed by atoms with Gasteiger partial charge in [0.25, 0.3) is 0 Å². The molecule has 0 fully saturated rings. The summed E-state index contributed by atoms with van der Waals surface area (Å²) in [7, 11) is 0. The third-order valence-electron chi connectivity index (χ3n) is 0.967. The van der Waals surface area contributed by atoms with E-state index in [-0.39, 0.29) is 11.5 Å². The molecule has 0 radical (unpaired) electrons. The number of carbonyl (C=O) groups excluding carboxylic acids is 1. The van der Waals surface area contributed by atoms with Gasteiger partial charge in [0.2, 0.25) is 5.78 Å².